The van der Waals surface area contributed by atoms with Crippen LogP contribution in [0.2, 0.25) is 0 Å². The second-order valence-corrected chi connectivity index (χ2v) is 3.31. The van der Waals surface area contributed by atoms with Crippen LogP contribution in [0.15, 0.2) is 18.2 Å². The number of aldehydes is 1. The van der Waals surface area contributed by atoms with Gasteiger partial charge in [-0.15, -0.1) is 0 Å². The van der Waals surface area contributed by atoms with E-state index in [0.717, 1.165) is 23.8 Å². The zero-order chi connectivity index (χ0) is 10.6. The number of aryl methyl sites for hydroxylation is 1. The fraction of sp³-hybridized carbons (Fsp3) is 0.333. The molecule has 0 saturated carbocycles. The lowest BCUT2D eigenvalue weighted by atomic mass is 9.96. The second-order valence-electron chi connectivity index (χ2n) is 3.31. The van der Waals surface area contributed by atoms with Crippen LogP contribution in [0.5, 0.6) is 0 Å². The van der Waals surface area contributed by atoms with Crippen molar-refractivity contribution in [1.29, 1.82) is 5.26 Å². The molecule has 1 unspecified atom stereocenters. The molecule has 0 aliphatic heterocycles. The summed E-state index contributed by atoms with van der Waals surface area (Å²) >= 11 is 0. The van der Waals surface area contributed by atoms with Crippen LogP contribution in [0.3, 0.4) is 0 Å². The molecule has 1 atom stereocenters. The van der Waals surface area contributed by atoms with E-state index < -0.39 is 0 Å². The number of rotatable bonds is 3. The van der Waals surface area contributed by atoms with Crippen LogP contribution in [-0.4, -0.2) is 6.29 Å². The molecule has 0 aliphatic carbocycles. The van der Waals surface area contributed by atoms with Crippen LogP contribution in [0.1, 0.15) is 36.5 Å². The Bertz CT molecular complexity index is 376. The monoisotopic (exact) mass is 187 g/mol. The lowest BCUT2D eigenvalue weighted by Crippen LogP contribution is -1.97. The van der Waals surface area contributed by atoms with Crippen molar-refractivity contribution in [3.63, 3.8) is 0 Å². The average Bonchev–Trinajstić information content (AvgIpc) is 2.26. The number of benzene rings is 1. The molecule has 1 aromatic rings. The van der Waals surface area contributed by atoms with Gasteiger partial charge >= 0.3 is 0 Å². The van der Waals surface area contributed by atoms with E-state index in [1.165, 1.54) is 0 Å². The zero-order valence-corrected chi connectivity index (χ0v) is 8.45. The molecule has 0 amide bonds. The molecule has 0 N–H and O–H groups in total. The minimum atomic E-state index is -0.0898. The fourth-order valence-electron chi connectivity index (χ4n) is 1.38. The Morgan fingerprint density at radius 2 is 2.29 bits per heavy atom. The summed E-state index contributed by atoms with van der Waals surface area (Å²) in [5, 5.41) is 8.82. The molecule has 0 radical (unpaired) electrons. The van der Waals surface area contributed by atoms with Gasteiger partial charge in [0.25, 0.3) is 0 Å². The van der Waals surface area contributed by atoms with E-state index >= 15 is 0 Å². The summed E-state index contributed by atoms with van der Waals surface area (Å²) in [7, 11) is 0. The molecule has 2 heteroatoms. The molecule has 0 bridgehead atoms. The number of carbonyl (C=O) groups excluding carboxylic acids is 1. The quantitative estimate of drug-likeness (QED) is 0.682. The molecule has 1 aromatic carbocycles. The maximum atomic E-state index is 10.6. The molecule has 0 aliphatic rings. The first-order chi connectivity index (χ1) is 6.72. The maximum Gasteiger partial charge on any atom is 0.127 e. The number of hydrogen-bond donors (Lipinski definition) is 0. The lowest BCUT2D eigenvalue weighted by Gasteiger charge is -2.07. The molecule has 0 fully saturated rings. The standard InChI is InChI=1S/C12H13NO/c1-3-10-6-11(9(2)8-14)4-5-12(10)7-13/h4-6,8-9H,3H2,1-2H3. The van der Waals surface area contributed by atoms with E-state index in [1.54, 1.807) is 6.07 Å². The molecule has 0 aromatic heterocycles. The van der Waals surface area contributed by atoms with Crippen LogP contribution in [-0.2, 0) is 11.2 Å². The van der Waals surface area contributed by atoms with Gasteiger partial charge in [-0.05, 0) is 23.6 Å². The van der Waals surface area contributed by atoms with Gasteiger partial charge in [0, 0.05) is 5.92 Å². The van der Waals surface area contributed by atoms with Gasteiger partial charge in [0.05, 0.1) is 11.6 Å². The number of hydrogen-bond acceptors (Lipinski definition) is 2. The zero-order valence-electron chi connectivity index (χ0n) is 8.45. The largest absolute Gasteiger partial charge is 0.303 e. The van der Waals surface area contributed by atoms with Crippen molar-refractivity contribution < 1.29 is 4.79 Å². The molecule has 1 rings (SSSR count). The van der Waals surface area contributed by atoms with E-state index in [0.29, 0.717) is 5.56 Å². The van der Waals surface area contributed by atoms with Crippen LogP contribution in [0, 0.1) is 11.3 Å². The summed E-state index contributed by atoms with van der Waals surface area (Å²) in [5.41, 5.74) is 2.70. The molecule has 14 heavy (non-hydrogen) atoms. The number of nitrogens with zero attached hydrogens (tertiary/aromatic N) is 1. The molecule has 0 spiro atoms. The molecule has 2 nitrogen and oxygen atoms in total. The van der Waals surface area contributed by atoms with Crippen molar-refractivity contribution in [1.82, 2.24) is 0 Å². The molecular weight excluding hydrogens is 174 g/mol. The van der Waals surface area contributed by atoms with Gasteiger partial charge < -0.3 is 4.79 Å². The topological polar surface area (TPSA) is 40.9 Å². The Labute approximate surface area is 84.2 Å². The summed E-state index contributed by atoms with van der Waals surface area (Å²) in [6.07, 6.45) is 1.74. The van der Waals surface area contributed by atoms with E-state index in [1.807, 2.05) is 26.0 Å². The first-order valence-corrected chi connectivity index (χ1v) is 4.71. The van der Waals surface area contributed by atoms with Crippen LogP contribution >= 0.6 is 0 Å². The number of nitriles is 1. The van der Waals surface area contributed by atoms with Crippen molar-refractivity contribution in [2.75, 3.05) is 0 Å². The highest BCUT2D eigenvalue weighted by atomic mass is 16.1. The molecule has 0 heterocycles. The second kappa shape index (κ2) is 4.57. The van der Waals surface area contributed by atoms with E-state index in [-0.39, 0.29) is 5.92 Å². The fourth-order valence-corrected chi connectivity index (χ4v) is 1.38. The summed E-state index contributed by atoms with van der Waals surface area (Å²) in [6, 6.07) is 7.71. The van der Waals surface area contributed by atoms with Crippen LogP contribution in [0.4, 0.5) is 0 Å². The van der Waals surface area contributed by atoms with Gasteiger partial charge in [-0.1, -0.05) is 26.0 Å². The minimum Gasteiger partial charge on any atom is -0.303 e. The van der Waals surface area contributed by atoms with Gasteiger partial charge in [-0.25, -0.2) is 0 Å². The Hall–Kier alpha value is -1.62. The van der Waals surface area contributed by atoms with Crippen molar-refractivity contribution >= 4 is 6.29 Å². The minimum absolute atomic E-state index is 0.0898. The third-order valence-electron chi connectivity index (χ3n) is 2.36. The van der Waals surface area contributed by atoms with Crippen LogP contribution in [0.25, 0.3) is 0 Å². The van der Waals surface area contributed by atoms with E-state index in [4.69, 9.17) is 5.26 Å². The van der Waals surface area contributed by atoms with Crippen molar-refractivity contribution in [3.05, 3.63) is 34.9 Å². The van der Waals surface area contributed by atoms with Crippen molar-refractivity contribution in [3.8, 4) is 6.07 Å². The van der Waals surface area contributed by atoms with Gasteiger partial charge in [0.15, 0.2) is 0 Å². The van der Waals surface area contributed by atoms with Crippen molar-refractivity contribution in [2.24, 2.45) is 0 Å². The Morgan fingerprint density at radius 1 is 1.57 bits per heavy atom. The van der Waals surface area contributed by atoms with Gasteiger partial charge in [0.2, 0.25) is 0 Å². The van der Waals surface area contributed by atoms with E-state index in [9.17, 15) is 4.79 Å². The Balaban J connectivity index is 3.15. The summed E-state index contributed by atoms with van der Waals surface area (Å²) in [6.45, 7) is 3.86. The highest BCUT2D eigenvalue weighted by Crippen LogP contribution is 2.18. The predicted octanol–water partition coefficient (Wildman–Crippen LogP) is 2.42. The third kappa shape index (κ3) is 2.00. The maximum absolute atomic E-state index is 10.6. The Morgan fingerprint density at radius 3 is 2.79 bits per heavy atom. The first kappa shape index (κ1) is 10.5. The smallest absolute Gasteiger partial charge is 0.127 e. The lowest BCUT2D eigenvalue weighted by molar-refractivity contribution is -0.108. The average molecular weight is 187 g/mol. The molecular formula is C12H13NO. The van der Waals surface area contributed by atoms with Gasteiger partial charge in [0.1, 0.15) is 6.29 Å². The summed E-state index contributed by atoms with van der Waals surface area (Å²) < 4.78 is 0. The Kier molecular flexibility index (Phi) is 3.41. The van der Waals surface area contributed by atoms with Gasteiger partial charge in [-0.2, -0.15) is 5.26 Å². The highest BCUT2D eigenvalue weighted by molar-refractivity contribution is 5.62. The normalized spacial score (nSPS) is 11.8. The molecule has 72 valence electrons. The van der Waals surface area contributed by atoms with Gasteiger partial charge in [-0.3, -0.25) is 0 Å². The third-order valence-corrected chi connectivity index (χ3v) is 2.36. The predicted molar refractivity (Wildman–Crippen MR) is 55.0 cm³/mol. The van der Waals surface area contributed by atoms with Crippen LogP contribution < -0.4 is 0 Å². The number of carbonyl (C=O) groups is 1. The summed E-state index contributed by atoms with van der Waals surface area (Å²) in [5.74, 6) is -0.0898. The highest BCUT2D eigenvalue weighted by Gasteiger charge is 2.06. The summed E-state index contributed by atoms with van der Waals surface area (Å²) in [4.78, 5) is 10.6. The first-order valence-electron chi connectivity index (χ1n) is 4.71. The SMILES string of the molecule is CCc1cc(C(C)C=O)ccc1C#N. The molecule has 0 saturated heterocycles. The van der Waals surface area contributed by atoms with Crippen molar-refractivity contribution in [2.45, 2.75) is 26.2 Å². The van der Waals surface area contributed by atoms with E-state index in [2.05, 4.69) is 6.07 Å².